The Balaban J connectivity index is 1.30. The van der Waals surface area contributed by atoms with E-state index in [9.17, 15) is 13.2 Å². The molecule has 168 valence electrons. The normalized spacial score (nSPS) is 19.8. The van der Waals surface area contributed by atoms with Gasteiger partial charge in [-0.25, -0.2) is 13.1 Å². The first kappa shape index (κ1) is 21.2. The number of hydrogen-bond acceptors (Lipinski definition) is 3. The van der Waals surface area contributed by atoms with Crippen LogP contribution in [0, 0.1) is 5.92 Å². The summed E-state index contributed by atoms with van der Waals surface area (Å²) in [5, 5.41) is 1.17. The summed E-state index contributed by atoms with van der Waals surface area (Å²) in [6, 6.07) is 14.3. The van der Waals surface area contributed by atoms with Gasteiger partial charge in [0, 0.05) is 30.2 Å². The van der Waals surface area contributed by atoms with E-state index < -0.39 is 10.0 Å². The lowest BCUT2D eigenvalue weighted by atomic mass is 9.87. The standard InChI is InChI=1S/C25H29N3O3S/c1-17-10-11-23-22(16-17)20-8-5-9-21(24(20)26-23)25(29)28-14-12-18(13-15-28)27-32(30,31)19-6-3-2-4-7-19/h2-9,17-18,26-27H,10-16H2,1H3. The zero-order valence-electron chi connectivity index (χ0n) is 18.3. The van der Waals surface area contributed by atoms with Crippen LogP contribution in [0.15, 0.2) is 53.4 Å². The highest BCUT2D eigenvalue weighted by Crippen LogP contribution is 2.33. The van der Waals surface area contributed by atoms with Crippen LogP contribution >= 0.6 is 0 Å². The van der Waals surface area contributed by atoms with Crippen LogP contribution in [-0.4, -0.2) is 43.3 Å². The maximum Gasteiger partial charge on any atom is 0.255 e. The third-order valence-electron chi connectivity index (χ3n) is 6.86. The van der Waals surface area contributed by atoms with Gasteiger partial charge in [0.1, 0.15) is 0 Å². The van der Waals surface area contributed by atoms with Crippen LogP contribution in [0.5, 0.6) is 0 Å². The number of aromatic amines is 1. The fourth-order valence-corrected chi connectivity index (χ4v) is 6.38. The summed E-state index contributed by atoms with van der Waals surface area (Å²) in [5.74, 6) is 0.686. The van der Waals surface area contributed by atoms with Crippen molar-refractivity contribution in [1.29, 1.82) is 0 Å². The Morgan fingerprint density at radius 1 is 1.03 bits per heavy atom. The van der Waals surface area contributed by atoms with E-state index in [1.165, 1.54) is 23.1 Å². The van der Waals surface area contributed by atoms with Crippen molar-refractivity contribution in [3.05, 3.63) is 65.4 Å². The van der Waals surface area contributed by atoms with Gasteiger partial charge >= 0.3 is 0 Å². The summed E-state index contributed by atoms with van der Waals surface area (Å²) in [6.45, 7) is 3.36. The number of likely N-dealkylation sites (tertiary alicyclic amines) is 1. The number of aryl methyl sites for hydroxylation is 1. The summed E-state index contributed by atoms with van der Waals surface area (Å²) in [7, 11) is -3.54. The lowest BCUT2D eigenvalue weighted by molar-refractivity contribution is 0.0713. The number of carbonyl (C=O) groups excluding carboxylic acids is 1. The van der Waals surface area contributed by atoms with Gasteiger partial charge in [0.05, 0.1) is 16.0 Å². The predicted molar refractivity (Wildman–Crippen MR) is 125 cm³/mol. The van der Waals surface area contributed by atoms with Crippen LogP contribution in [0.25, 0.3) is 10.9 Å². The molecule has 2 N–H and O–H groups in total. The molecule has 1 fully saturated rings. The third-order valence-corrected chi connectivity index (χ3v) is 8.39. The second kappa shape index (κ2) is 8.37. The number of nitrogens with zero attached hydrogens (tertiary/aromatic N) is 1. The van der Waals surface area contributed by atoms with Crippen LogP contribution in [0.3, 0.4) is 0 Å². The molecule has 1 amide bonds. The molecule has 3 aromatic rings. The molecule has 0 radical (unpaired) electrons. The fourth-order valence-electron chi connectivity index (χ4n) is 5.05. The second-order valence-electron chi connectivity index (χ2n) is 9.16. The Morgan fingerprint density at radius 3 is 2.53 bits per heavy atom. The minimum atomic E-state index is -3.54. The van der Waals surface area contributed by atoms with Gasteiger partial charge in [-0.1, -0.05) is 37.3 Å². The van der Waals surface area contributed by atoms with Gasteiger partial charge in [-0.3, -0.25) is 4.79 Å². The van der Waals surface area contributed by atoms with Crippen LogP contribution < -0.4 is 4.72 Å². The SMILES string of the molecule is CC1CCc2[nH]c3c(C(=O)N4CCC(NS(=O)(=O)c5ccccc5)CC4)cccc3c2C1. The lowest BCUT2D eigenvalue weighted by Gasteiger charge is -2.32. The molecule has 1 aliphatic heterocycles. The topological polar surface area (TPSA) is 82.3 Å². The minimum absolute atomic E-state index is 0.0200. The summed E-state index contributed by atoms with van der Waals surface area (Å²) in [4.78, 5) is 19.0. The van der Waals surface area contributed by atoms with Crippen LogP contribution in [0.4, 0.5) is 0 Å². The van der Waals surface area contributed by atoms with Crippen molar-refractivity contribution < 1.29 is 13.2 Å². The number of piperidine rings is 1. The highest BCUT2D eigenvalue weighted by molar-refractivity contribution is 7.89. The first-order valence-electron chi connectivity index (χ1n) is 11.4. The van der Waals surface area contributed by atoms with Gasteiger partial charge in [-0.2, -0.15) is 0 Å². The number of hydrogen-bond donors (Lipinski definition) is 2. The number of rotatable bonds is 4. The van der Waals surface area contributed by atoms with Crippen molar-refractivity contribution in [2.24, 2.45) is 5.92 Å². The van der Waals surface area contributed by atoms with E-state index in [-0.39, 0.29) is 16.8 Å². The van der Waals surface area contributed by atoms with Gasteiger partial charge in [0.25, 0.3) is 5.91 Å². The second-order valence-corrected chi connectivity index (χ2v) is 10.9. The van der Waals surface area contributed by atoms with E-state index >= 15 is 0 Å². The van der Waals surface area contributed by atoms with Crippen molar-refractivity contribution in [2.45, 2.75) is 50.0 Å². The molecule has 1 aromatic heterocycles. The van der Waals surface area contributed by atoms with Gasteiger partial charge in [0.15, 0.2) is 0 Å². The summed E-state index contributed by atoms with van der Waals surface area (Å²) >= 11 is 0. The van der Waals surface area contributed by atoms with Gasteiger partial charge < -0.3 is 9.88 Å². The number of nitrogens with one attached hydrogen (secondary N) is 2. The van der Waals surface area contributed by atoms with Crippen molar-refractivity contribution in [1.82, 2.24) is 14.6 Å². The maximum absolute atomic E-state index is 13.4. The average Bonchev–Trinajstić information content (AvgIpc) is 3.17. The van der Waals surface area contributed by atoms with E-state index in [4.69, 9.17) is 0 Å². The van der Waals surface area contributed by atoms with Crippen molar-refractivity contribution >= 4 is 26.8 Å². The smallest absolute Gasteiger partial charge is 0.255 e. The molecule has 0 bridgehead atoms. The van der Waals surface area contributed by atoms with Crippen LogP contribution in [-0.2, 0) is 22.9 Å². The number of H-pyrrole nitrogens is 1. The van der Waals surface area contributed by atoms with E-state index in [0.29, 0.717) is 37.4 Å². The molecule has 1 saturated heterocycles. The molecule has 7 heteroatoms. The Labute approximate surface area is 189 Å². The molecule has 2 aliphatic rings. The molecule has 6 nitrogen and oxygen atoms in total. The predicted octanol–water partition coefficient (Wildman–Crippen LogP) is 3.88. The summed E-state index contributed by atoms with van der Waals surface area (Å²) in [6.07, 6.45) is 4.47. The van der Waals surface area contributed by atoms with E-state index in [0.717, 1.165) is 18.4 Å². The third kappa shape index (κ3) is 3.95. The van der Waals surface area contributed by atoms with Crippen molar-refractivity contribution in [3.63, 3.8) is 0 Å². The maximum atomic E-state index is 13.4. The Morgan fingerprint density at radius 2 is 1.78 bits per heavy atom. The Bertz CT molecular complexity index is 1240. The Hall–Kier alpha value is -2.64. The molecule has 5 rings (SSSR count). The quantitative estimate of drug-likeness (QED) is 0.632. The number of fused-ring (bicyclic) bond motifs is 3. The number of aromatic nitrogens is 1. The molecule has 2 heterocycles. The molecule has 1 unspecified atom stereocenters. The lowest BCUT2D eigenvalue weighted by Crippen LogP contribution is -2.46. The van der Waals surface area contributed by atoms with Crippen molar-refractivity contribution in [2.75, 3.05) is 13.1 Å². The molecular formula is C25H29N3O3S. The van der Waals surface area contributed by atoms with Gasteiger partial charge in [0.2, 0.25) is 10.0 Å². The van der Waals surface area contributed by atoms with E-state index in [1.807, 2.05) is 17.0 Å². The largest absolute Gasteiger partial charge is 0.358 e. The highest BCUT2D eigenvalue weighted by Gasteiger charge is 2.29. The van der Waals surface area contributed by atoms with Crippen LogP contribution in [0.1, 0.15) is 47.8 Å². The number of carbonyl (C=O) groups is 1. The molecule has 1 atom stereocenters. The first-order chi connectivity index (χ1) is 15.4. The van der Waals surface area contributed by atoms with E-state index in [1.54, 1.807) is 30.3 Å². The molecule has 1 aliphatic carbocycles. The minimum Gasteiger partial charge on any atom is -0.358 e. The first-order valence-corrected chi connectivity index (χ1v) is 12.9. The number of sulfonamides is 1. The molecule has 32 heavy (non-hydrogen) atoms. The molecule has 0 saturated carbocycles. The zero-order valence-corrected chi connectivity index (χ0v) is 19.1. The number of benzene rings is 2. The molecule has 2 aromatic carbocycles. The van der Waals surface area contributed by atoms with Crippen molar-refractivity contribution in [3.8, 4) is 0 Å². The molecular weight excluding hydrogens is 422 g/mol. The Kier molecular flexibility index (Phi) is 5.55. The van der Waals surface area contributed by atoms with Gasteiger partial charge in [-0.15, -0.1) is 0 Å². The summed E-state index contributed by atoms with van der Waals surface area (Å²) in [5.41, 5.74) is 4.30. The number of amides is 1. The van der Waals surface area contributed by atoms with Gasteiger partial charge in [-0.05, 0) is 61.8 Å². The highest BCUT2D eigenvalue weighted by atomic mass is 32.2. The molecule has 0 spiro atoms. The average molecular weight is 452 g/mol. The summed E-state index contributed by atoms with van der Waals surface area (Å²) < 4.78 is 28.0. The van der Waals surface area contributed by atoms with Crippen LogP contribution in [0.2, 0.25) is 0 Å². The van der Waals surface area contributed by atoms with E-state index in [2.05, 4.69) is 22.7 Å². The fraction of sp³-hybridized carbons (Fsp3) is 0.400. The number of para-hydroxylation sites is 1. The zero-order chi connectivity index (χ0) is 22.3. The monoisotopic (exact) mass is 451 g/mol.